The van der Waals surface area contributed by atoms with E-state index in [2.05, 4.69) is 21.2 Å². The standard InChI is InChI=1S/C13H17BrN2O2/c1-10(17)16(2)9-11-4-3-5-12(8-11)15-13(18)6-7-14/h3-5,8H,6-7,9H2,1-2H3,(H,15,18). The normalized spacial score (nSPS) is 9.94. The Morgan fingerprint density at radius 2 is 2.11 bits per heavy atom. The fourth-order valence-electron chi connectivity index (χ4n) is 1.44. The number of carbonyl (C=O) groups is 2. The Morgan fingerprint density at radius 1 is 1.39 bits per heavy atom. The van der Waals surface area contributed by atoms with E-state index in [1.54, 1.807) is 11.9 Å². The van der Waals surface area contributed by atoms with Gasteiger partial charge in [0.05, 0.1) is 0 Å². The zero-order valence-corrected chi connectivity index (χ0v) is 12.2. The summed E-state index contributed by atoms with van der Waals surface area (Å²) < 4.78 is 0. The summed E-state index contributed by atoms with van der Waals surface area (Å²) in [5, 5.41) is 3.46. The first-order valence-corrected chi connectivity index (χ1v) is 6.81. The van der Waals surface area contributed by atoms with Crippen molar-refractivity contribution in [2.45, 2.75) is 19.9 Å². The first kappa shape index (κ1) is 14.7. The Bertz CT molecular complexity index is 435. The van der Waals surface area contributed by atoms with E-state index in [-0.39, 0.29) is 11.8 Å². The van der Waals surface area contributed by atoms with Crippen LogP contribution >= 0.6 is 15.9 Å². The molecule has 0 radical (unpaired) electrons. The molecule has 0 aliphatic carbocycles. The van der Waals surface area contributed by atoms with Crippen molar-refractivity contribution in [3.05, 3.63) is 29.8 Å². The van der Waals surface area contributed by atoms with Crippen LogP contribution in [0.5, 0.6) is 0 Å². The molecule has 0 heterocycles. The fraction of sp³-hybridized carbons (Fsp3) is 0.385. The van der Waals surface area contributed by atoms with Gasteiger partial charge in [-0.15, -0.1) is 0 Å². The number of hydrogen-bond acceptors (Lipinski definition) is 2. The first-order chi connectivity index (χ1) is 8.52. The Kier molecular flexibility index (Phi) is 5.85. The summed E-state index contributed by atoms with van der Waals surface area (Å²) in [5.74, 6) is -0.00678. The lowest BCUT2D eigenvalue weighted by Gasteiger charge is -2.15. The van der Waals surface area contributed by atoms with E-state index in [1.807, 2.05) is 24.3 Å². The number of nitrogens with zero attached hydrogens (tertiary/aromatic N) is 1. The van der Waals surface area contributed by atoms with E-state index in [0.717, 1.165) is 11.3 Å². The molecule has 2 amide bonds. The van der Waals surface area contributed by atoms with Gasteiger partial charge in [0, 0.05) is 38.0 Å². The SMILES string of the molecule is CC(=O)N(C)Cc1cccc(NC(=O)CCBr)c1. The van der Waals surface area contributed by atoms with Crippen LogP contribution in [0.2, 0.25) is 0 Å². The van der Waals surface area contributed by atoms with Gasteiger partial charge in [0.25, 0.3) is 0 Å². The van der Waals surface area contributed by atoms with E-state index in [0.29, 0.717) is 18.3 Å². The number of alkyl halides is 1. The molecular formula is C13H17BrN2O2. The van der Waals surface area contributed by atoms with E-state index < -0.39 is 0 Å². The molecule has 0 aliphatic rings. The molecule has 1 aromatic carbocycles. The summed E-state index contributed by atoms with van der Waals surface area (Å²) in [4.78, 5) is 24.2. The minimum atomic E-state index is -0.0241. The highest BCUT2D eigenvalue weighted by Gasteiger charge is 2.05. The van der Waals surface area contributed by atoms with Crippen LogP contribution < -0.4 is 5.32 Å². The topological polar surface area (TPSA) is 49.4 Å². The molecule has 0 saturated heterocycles. The van der Waals surface area contributed by atoms with Crippen molar-refractivity contribution in [2.75, 3.05) is 17.7 Å². The number of rotatable bonds is 5. The fourth-order valence-corrected chi connectivity index (χ4v) is 1.80. The maximum Gasteiger partial charge on any atom is 0.225 e. The zero-order valence-electron chi connectivity index (χ0n) is 10.6. The summed E-state index contributed by atoms with van der Waals surface area (Å²) in [6.45, 7) is 2.07. The molecule has 0 saturated carbocycles. The highest BCUT2D eigenvalue weighted by Crippen LogP contribution is 2.12. The summed E-state index contributed by atoms with van der Waals surface area (Å²) in [6, 6.07) is 7.52. The monoisotopic (exact) mass is 312 g/mol. The number of carbonyl (C=O) groups excluding carboxylic acids is 2. The number of hydrogen-bond donors (Lipinski definition) is 1. The highest BCUT2D eigenvalue weighted by atomic mass is 79.9. The third-order valence-electron chi connectivity index (χ3n) is 2.49. The van der Waals surface area contributed by atoms with Crippen molar-refractivity contribution in [1.29, 1.82) is 0 Å². The number of anilines is 1. The van der Waals surface area contributed by atoms with E-state index >= 15 is 0 Å². The predicted octanol–water partition coefficient (Wildman–Crippen LogP) is 2.39. The Hall–Kier alpha value is -1.36. The molecule has 98 valence electrons. The molecule has 1 aromatic rings. The number of amides is 2. The summed E-state index contributed by atoms with van der Waals surface area (Å²) in [7, 11) is 1.75. The van der Waals surface area contributed by atoms with Crippen LogP contribution in [0.3, 0.4) is 0 Å². The van der Waals surface area contributed by atoms with E-state index in [1.165, 1.54) is 6.92 Å². The van der Waals surface area contributed by atoms with Gasteiger partial charge in [-0.3, -0.25) is 9.59 Å². The van der Waals surface area contributed by atoms with Crippen LogP contribution in [-0.2, 0) is 16.1 Å². The number of halogens is 1. The molecule has 0 spiro atoms. The average molecular weight is 313 g/mol. The minimum Gasteiger partial charge on any atom is -0.342 e. The molecule has 18 heavy (non-hydrogen) atoms. The average Bonchev–Trinajstić information content (AvgIpc) is 2.29. The van der Waals surface area contributed by atoms with Gasteiger partial charge in [-0.1, -0.05) is 28.1 Å². The second-order valence-electron chi connectivity index (χ2n) is 4.06. The molecule has 4 nitrogen and oxygen atoms in total. The van der Waals surface area contributed by atoms with Gasteiger partial charge in [0.2, 0.25) is 11.8 Å². The molecule has 0 aliphatic heterocycles. The maximum atomic E-state index is 11.4. The molecule has 0 fully saturated rings. The van der Waals surface area contributed by atoms with Crippen molar-refractivity contribution in [1.82, 2.24) is 4.90 Å². The van der Waals surface area contributed by atoms with Crippen LogP contribution in [0.4, 0.5) is 5.69 Å². The van der Waals surface area contributed by atoms with E-state index in [4.69, 9.17) is 0 Å². The first-order valence-electron chi connectivity index (χ1n) is 5.69. The molecule has 0 bridgehead atoms. The van der Waals surface area contributed by atoms with Crippen molar-refractivity contribution in [3.63, 3.8) is 0 Å². The third kappa shape index (κ3) is 4.87. The molecule has 1 N–H and O–H groups in total. The Morgan fingerprint density at radius 3 is 2.72 bits per heavy atom. The van der Waals surface area contributed by atoms with E-state index in [9.17, 15) is 9.59 Å². The molecular weight excluding hydrogens is 296 g/mol. The molecule has 5 heteroatoms. The van der Waals surface area contributed by atoms with Crippen LogP contribution in [-0.4, -0.2) is 29.1 Å². The van der Waals surface area contributed by atoms with Gasteiger partial charge >= 0.3 is 0 Å². The quantitative estimate of drug-likeness (QED) is 0.849. The van der Waals surface area contributed by atoms with Gasteiger partial charge < -0.3 is 10.2 Å². The van der Waals surface area contributed by atoms with Crippen molar-refractivity contribution in [3.8, 4) is 0 Å². The van der Waals surface area contributed by atoms with Gasteiger partial charge in [0.1, 0.15) is 0 Å². The second kappa shape index (κ2) is 7.16. The van der Waals surface area contributed by atoms with Crippen molar-refractivity contribution < 1.29 is 9.59 Å². The maximum absolute atomic E-state index is 11.4. The van der Waals surface area contributed by atoms with Crippen LogP contribution in [0.15, 0.2) is 24.3 Å². The zero-order chi connectivity index (χ0) is 13.5. The van der Waals surface area contributed by atoms with Crippen LogP contribution in [0, 0.1) is 0 Å². The number of nitrogens with one attached hydrogen (secondary N) is 1. The van der Waals surface area contributed by atoms with Crippen molar-refractivity contribution in [2.24, 2.45) is 0 Å². The summed E-state index contributed by atoms with van der Waals surface area (Å²) in [5.41, 5.74) is 1.75. The smallest absolute Gasteiger partial charge is 0.225 e. The van der Waals surface area contributed by atoms with Gasteiger partial charge in [-0.2, -0.15) is 0 Å². The minimum absolute atomic E-state index is 0.0173. The lowest BCUT2D eigenvalue weighted by Crippen LogP contribution is -2.23. The lowest BCUT2D eigenvalue weighted by molar-refractivity contribution is -0.128. The van der Waals surface area contributed by atoms with Crippen LogP contribution in [0.25, 0.3) is 0 Å². The molecule has 0 atom stereocenters. The summed E-state index contributed by atoms with van der Waals surface area (Å²) >= 11 is 3.22. The lowest BCUT2D eigenvalue weighted by atomic mass is 10.2. The van der Waals surface area contributed by atoms with Gasteiger partial charge in [0.15, 0.2) is 0 Å². The predicted molar refractivity (Wildman–Crippen MR) is 75.6 cm³/mol. The van der Waals surface area contributed by atoms with Gasteiger partial charge in [-0.05, 0) is 17.7 Å². The van der Waals surface area contributed by atoms with Crippen molar-refractivity contribution >= 4 is 33.4 Å². The third-order valence-corrected chi connectivity index (χ3v) is 2.89. The summed E-state index contributed by atoms with van der Waals surface area (Å²) in [6.07, 6.45) is 0.442. The number of benzene rings is 1. The molecule has 1 rings (SSSR count). The largest absolute Gasteiger partial charge is 0.342 e. The molecule has 0 unspecified atom stereocenters. The molecule has 0 aromatic heterocycles. The van der Waals surface area contributed by atoms with Crippen LogP contribution in [0.1, 0.15) is 18.9 Å². The Balaban J connectivity index is 2.67. The Labute approximate surface area is 115 Å². The second-order valence-corrected chi connectivity index (χ2v) is 4.86. The highest BCUT2D eigenvalue weighted by molar-refractivity contribution is 9.09. The van der Waals surface area contributed by atoms with Gasteiger partial charge in [-0.25, -0.2) is 0 Å².